The van der Waals surface area contributed by atoms with Gasteiger partial charge in [-0.2, -0.15) is 0 Å². The van der Waals surface area contributed by atoms with E-state index in [9.17, 15) is 15.2 Å². The number of aliphatic hydroxyl groups is 1. The number of nitro benzene ring substituents is 1. The highest BCUT2D eigenvalue weighted by atomic mass is 16.6. The Labute approximate surface area is 117 Å². The van der Waals surface area contributed by atoms with Gasteiger partial charge < -0.3 is 15.2 Å². The fourth-order valence-corrected chi connectivity index (χ4v) is 2.65. The quantitative estimate of drug-likeness (QED) is 0.452. The molecule has 1 fully saturated rings. The van der Waals surface area contributed by atoms with Crippen molar-refractivity contribution >= 4 is 5.69 Å². The lowest BCUT2D eigenvalue weighted by molar-refractivity contribution is -0.385. The number of aliphatic hydroxyl groups excluding tert-OH is 1. The summed E-state index contributed by atoms with van der Waals surface area (Å²) in [6, 6.07) is 6.34. The first kappa shape index (κ1) is 14.7. The number of ether oxygens (including phenoxy) is 1. The van der Waals surface area contributed by atoms with Crippen LogP contribution in [0.5, 0.6) is 5.75 Å². The van der Waals surface area contributed by atoms with Crippen LogP contribution < -0.4 is 10.1 Å². The first-order chi connectivity index (χ1) is 9.67. The Kier molecular flexibility index (Phi) is 4.92. The highest BCUT2D eigenvalue weighted by Gasteiger charge is 2.32. The maximum Gasteiger partial charge on any atom is 0.310 e. The monoisotopic (exact) mass is 280 g/mol. The van der Waals surface area contributed by atoms with Gasteiger partial charge in [-0.15, -0.1) is 0 Å². The number of rotatable bonds is 7. The lowest BCUT2D eigenvalue weighted by Crippen LogP contribution is -2.47. The smallest absolute Gasteiger partial charge is 0.310 e. The van der Waals surface area contributed by atoms with Crippen molar-refractivity contribution in [3.05, 3.63) is 34.4 Å². The molecule has 0 aromatic heterocycles. The molecule has 2 N–H and O–H groups in total. The molecule has 0 heterocycles. The highest BCUT2D eigenvalue weighted by Crippen LogP contribution is 2.29. The summed E-state index contributed by atoms with van der Waals surface area (Å²) in [5.41, 5.74) is -0.211. The number of nitro groups is 1. The van der Waals surface area contributed by atoms with Gasteiger partial charge in [0.15, 0.2) is 5.75 Å². The summed E-state index contributed by atoms with van der Waals surface area (Å²) >= 11 is 0. The van der Waals surface area contributed by atoms with Crippen LogP contribution >= 0.6 is 0 Å². The Morgan fingerprint density at radius 1 is 1.35 bits per heavy atom. The van der Waals surface area contributed by atoms with Gasteiger partial charge in [0.05, 0.1) is 11.5 Å². The Balaban J connectivity index is 1.83. The van der Waals surface area contributed by atoms with Gasteiger partial charge in [0.25, 0.3) is 0 Å². The zero-order chi connectivity index (χ0) is 14.4. The van der Waals surface area contributed by atoms with Crippen LogP contribution in [0.3, 0.4) is 0 Å². The molecule has 0 amide bonds. The Morgan fingerprint density at radius 2 is 2.05 bits per heavy atom. The molecule has 1 aromatic rings. The average molecular weight is 280 g/mol. The standard InChI is InChI=1S/C14H20N2O4/c17-11-14(7-3-4-8-14)15-9-10-20-13-6-2-1-5-12(13)16(18)19/h1-2,5-6,15,17H,3-4,7-11H2. The van der Waals surface area contributed by atoms with Gasteiger partial charge >= 0.3 is 5.69 Å². The van der Waals surface area contributed by atoms with Crippen LogP contribution in [0.4, 0.5) is 5.69 Å². The fourth-order valence-electron chi connectivity index (χ4n) is 2.65. The van der Waals surface area contributed by atoms with Gasteiger partial charge in [-0.1, -0.05) is 25.0 Å². The zero-order valence-corrected chi connectivity index (χ0v) is 11.4. The third-order valence-electron chi connectivity index (χ3n) is 3.78. The van der Waals surface area contributed by atoms with E-state index in [1.54, 1.807) is 18.2 Å². The fraction of sp³-hybridized carbons (Fsp3) is 0.571. The minimum Gasteiger partial charge on any atom is -0.485 e. The predicted molar refractivity (Wildman–Crippen MR) is 74.9 cm³/mol. The molecule has 1 aliphatic rings. The summed E-state index contributed by atoms with van der Waals surface area (Å²) in [4.78, 5) is 10.4. The van der Waals surface area contributed by atoms with Gasteiger partial charge in [0.2, 0.25) is 0 Å². The molecule has 1 saturated carbocycles. The Morgan fingerprint density at radius 3 is 2.70 bits per heavy atom. The van der Waals surface area contributed by atoms with Crippen molar-refractivity contribution in [2.75, 3.05) is 19.8 Å². The van der Waals surface area contributed by atoms with Crippen molar-refractivity contribution in [1.29, 1.82) is 0 Å². The van der Waals surface area contributed by atoms with Crippen molar-refractivity contribution in [3.63, 3.8) is 0 Å². The number of benzene rings is 1. The molecule has 1 aromatic carbocycles. The molecule has 0 aliphatic heterocycles. The SMILES string of the molecule is O=[N+]([O-])c1ccccc1OCCNC1(CO)CCCC1. The van der Waals surface area contributed by atoms with Crippen LogP contribution in [0.25, 0.3) is 0 Å². The van der Waals surface area contributed by atoms with Crippen molar-refractivity contribution in [2.45, 2.75) is 31.2 Å². The number of nitrogens with one attached hydrogen (secondary N) is 1. The minimum atomic E-state index is -0.449. The molecule has 0 spiro atoms. The summed E-state index contributed by atoms with van der Waals surface area (Å²) < 4.78 is 5.46. The maximum absolute atomic E-state index is 10.8. The van der Waals surface area contributed by atoms with Gasteiger partial charge in [-0.05, 0) is 18.9 Å². The molecule has 0 atom stereocenters. The van der Waals surface area contributed by atoms with Crippen molar-refractivity contribution in [1.82, 2.24) is 5.32 Å². The van der Waals surface area contributed by atoms with Crippen molar-refractivity contribution < 1.29 is 14.8 Å². The molecule has 0 bridgehead atoms. The summed E-state index contributed by atoms with van der Waals surface area (Å²) in [5, 5.41) is 23.6. The molecule has 0 unspecified atom stereocenters. The molecule has 2 rings (SSSR count). The van der Waals surface area contributed by atoms with E-state index in [1.165, 1.54) is 6.07 Å². The topological polar surface area (TPSA) is 84.6 Å². The molecule has 20 heavy (non-hydrogen) atoms. The van der Waals surface area contributed by atoms with E-state index in [1.807, 2.05) is 0 Å². The second-order valence-corrected chi connectivity index (χ2v) is 5.15. The van der Waals surface area contributed by atoms with Crippen LogP contribution in [-0.2, 0) is 0 Å². The summed E-state index contributed by atoms with van der Waals surface area (Å²) in [6.07, 6.45) is 4.18. The first-order valence-electron chi connectivity index (χ1n) is 6.89. The molecule has 6 nitrogen and oxygen atoms in total. The van der Waals surface area contributed by atoms with E-state index in [0.717, 1.165) is 25.7 Å². The van der Waals surface area contributed by atoms with Crippen LogP contribution in [0.2, 0.25) is 0 Å². The number of nitrogens with zero attached hydrogens (tertiary/aromatic N) is 1. The minimum absolute atomic E-state index is 0.0229. The summed E-state index contributed by atoms with van der Waals surface area (Å²) in [6.45, 7) is 1.03. The first-order valence-corrected chi connectivity index (χ1v) is 6.89. The van der Waals surface area contributed by atoms with Crippen LogP contribution in [0, 0.1) is 10.1 Å². The van der Waals surface area contributed by atoms with Gasteiger partial charge in [0, 0.05) is 18.2 Å². The molecule has 0 radical (unpaired) electrons. The number of hydrogen-bond donors (Lipinski definition) is 2. The van der Waals surface area contributed by atoms with Crippen LogP contribution in [0.1, 0.15) is 25.7 Å². The van der Waals surface area contributed by atoms with E-state index in [2.05, 4.69) is 5.32 Å². The molecule has 0 saturated heterocycles. The van der Waals surface area contributed by atoms with Gasteiger partial charge in [0.1, 0.15) is 6.61 Å². The molecular weight excluding hydrogens is 260 g/mol. The third kappa shape index (κ3) is 3.46. The van der Waals surface area contributed by atoms with Crippen molar-refractivity contribution in [2.24, 2.45) is 0 Å². The lowest BCUT2D eigenvalue weighted by Gasteiger charge is -2.28. The van der Waals surface area contributed by atoms with E-state index in [4.69, 9.17) is 4.74 Å². The van der Waals surface area contributed by atoms with Crippen LogP contribution in [0.15, 0.2) is 24.3 Å². The van der Waals surface area contributed by atoms with Crippen molar-refractivity contribution in [3.8, 4) is 5.75 Å². The second-order valence-electron chi connectivity index (χ2n) is 5.15. The molecule has 1 aliphatic carbocycles. The molecular formula is C14H20N2O4. The zero-order valence-electron chi connectivity index (χ0n) is 11.4. The third-order valence-corrected chi connectivity index (χ3v) is 3.78. The van der Waals surface area contributed by atoms with E-state index < -0.39 is 4.92 Å². The number of hydrogen-bond acceptors (Lipinski definition) is 5. The average Bonchev–Trinajstić information content (AvgIpc) is 2.93. The number of para-hydroxylation sites is 2. The molecule has 6 heteroatoms. The second kappa shape index (κ2) is 6.67. The molecule has 110 valence electrons. The maximum atomic E-state index is 10.8. The van der Waals surface area contributed by atoms with Gasteiger partial charge in [-0.25, -0.2) is 0 Å². The lowest BCUT2D eigenvalue weighted by atomic mass is 9.99. The largest absolute Gasteiger partial charge is 0.485 e. The van der Waals surface area contributed by atoms with E-state index >= 15 is 0 Å². The summed E-state index contributed by atoms with van der Waals surface area (Å²) in [7, 11) is 0. The Hall–Kier alpha value is -1.66. The van der Waals surface area contributed by atoms with Crippen LogP contribution in [-0.4, -0.2) is 35.3 Å². The Bertz CT molecular complexity index is 458. The predicted octanol–water partition coefficient (Wildman–Crippen LogP) is 1.87. The van der Waals surface area contributed by atoms with E-state index in [-0.39, 0.29) is 23.6 Å². The van der Waals surface area contributed by atoms with E-state index in [0.29, 0.717) is 13.2 Å². The normalized spacial score (nSPS) is 17.1. The van der Waals surface area contributed by atoms with Gasteiger partial charge in [-0.3, -0.25) is 10.1 Å². The highest BCUT2D eigenvalue weighted by molar-refractivity contribution is 5.45. The summed E-state index contributed by atoms with van der Waals surface area (Å²) in [5.74, 6) is 0.281.